The number of rotatable bonds is 7. The number of hydrogen-bond acceptors (Lipinski definition) is 4. The van der Waals surface area contributed by atoms with Crippen LogP contribution in [0.15, 0.2) is 24.3 Å². The van der Waals surface area contributed by atoms with Gasteiger partial charge in [0.2, 0.25) is 5.91 Å². The van der Waals surface area contributed by atoms with E-state index >= 15 is 0 Å². The van der Waals surface area contributed by atoms with E-state index in [9.17, 15) is 4.79 Å². The lowest BCUT2D eigenvalue weighted by Gasteiger charge is -2.37. The molecule has 1 fully saturated rings. The van der Waals surface area contributed by atoms with Gasteiger partial charge >= 0.3 is 0 Å². The third kappa shape index (κ3) is 5.52. The molecule has 0 spiro atoms. The van der Waals surface area contributed by atoms with Crippen LogP contribution in [-0.4, -0.2) is 36.2 Å². The molecular formula is C18H28N2O2S. The Morgan fingerprint density at radius 3 is 2.78 bits per heavy atom. The van der Waals surface area contributed by atoms with E-state index < -0.39 is 0 Å². The monoisotopic (exact) mass is 336 g/mol. The molecule has 2 N–H and O–H groups in total. The number of ether oxygens (including phenoxy) is 1. The van der Waals surface area contributed by atoms with E-state index in [0.29, 0.717) is 0 Å². The summed E-state index contributed by atoms with van der Waals surface area (Å²) >= 11 is 2.05. The van der Waals surface area contributed by atoms with Gasteiger partial charge in [-0.25, -0.2) is 0 Å². The Morgan fingerprint density at radius 2 is 2.13 bits per heavy atom. The van der Waals surface area contributed by atoms with Crippen LogP contribution >= 0.6 is 11.8 Å². The van der Waals surface area contributed by atoms with Gasteiger partial charge in [-0.15, -0.1) is 0 Å². The highest BCUT2D eigenvalue weighted by Gasteiger charge is 2.32. The highest BCUT2D eigenvalue weighted by atomic mass is 32.2. The van der Waals surface area contributed by atoms with Crippen LogP contribution in [0.4, 0.5) is 5.69 Å². The predicted octanol–water partition coefficient (Wildman–Crippen LogP) is 3.60. The summed E-state index contributed by atoms with van der Waals surface area (Å²) in [7, 11) is 0. The minimum atomic E-state index is -0.0386. The molecule has 0 bridgehead atoms. The maximum absolute atomic E-state index is 11.2. The smallest absolute Gasteiger partial charge is 0.221 e. The van der Waals surface area contributed by atoms with Gasteiger partial charge in [0.25, 0.3) is 0 Å². The Labute approximate surface area is 143 Å². The summed E-state index contributed by atoms with van der Waals surface area (Å²) < 4.78 is 5.82. The number of carbonyl (C=O) groups excluding carboxylic acids is 1. The highest BCUT2D eigenvalue weighted by Crippen LogP contribution is 2.35. The Bertz CT molecular complexity index is 510. The van der Waals surface area contributed by atoms with Crippen LogP contribution in [0.5, 0.6) is 0 Å². The summed E-state index contributed by atoms with van der Waals surface area (Å²) in [5, 5.41) is 6.53. The fourth-order valence-electron chi connectivity index (χ4n) is 2.97. The van der Waals surface area contributed by atoms with Crippen LogP contribution in [0.1, 0.15) is 45.2 Å². The summed E-state index contributed by atoms with van der Waals surface area (Å²) in [5.41, 5.74) is 2.05. The SMILES string of the molecule is CCSC1(CN[C@H](C)c2cccc(NC(C)=O)c2)CCOCC1. The number of anilines is 1. The predicted molar refractivity (Wildman–Crippen MR) is 98.1 cm³/mol. The Hall–Kier alpha value is -1.04. The molecule has 1 heterocycles. The van der Waals surface area contributed by atoms with Crippen LogP contribution < -0.4 is 10.6 Å². The molecule has 1 aromatic carbocycles. The molecule has 1 atom stereocenters. The molecule has 2 rings (SSSR count). The number of benzene rings is 1. The summed E-state index contributed by atoms with van der Waals surface area (Å²) in [5.74, 6) is 1.09. The van der Waals surface area contributed by atoms with Crippen LogP contribution in [-0.2, 0) is 9.53 Å². The lowest BCUT2D eigenvalue weighted by Crippen LogP contribution is -2.43. The van der Waals surface area contributed by atoms with Gasteiger partial charge in [0.1, 0.15) is 0 Å². The van der Waals surface area contributed by atoms with Crippen molar-refractivity contribution in [1.82, 2.24) is 5.32 Å². The summed E-state index contributed by atoms with van der Waals surface area (Å²) in [6.45, 7) is 8.65. The van der Waals surface area contributed by atoms with E-state index in [1.54, 1.807) is 0 Å². The van der Waals surface area contributed by atoms with Gasteiger partial charge in [-0.05, 0) is 43.2 Å². The number of hydrogen-bond donors (Lipinski definition) is 2. The van der Waals surface area contributed by atoms with Crippen molar-refractivity contribution < 1.29 is 9.53 Å². The number of carbonyl (C=O) groups is 1. The molecule has 0 aromatic heterocycles. The summed E-state index contributed by atoms with van der Waals surface area (Å²) in [6.07, 6.45) is 2.22. The van der Waals surface area contributed by atoms with E-state index in [1.807, 2.05) is 30.0 Å². The van der Waals surface area contributed by atoms with Crippen LogP contribution in [0, 0.1) is 0 Å². The molecule has 0 aliphatic carbocycles. The lowest BCUT2D eigenvalue weighted by atomic mass is 9.98. The standard InChI is InChI=1S/C18H28N2O2S/c1-4-23-18(8-10-22-11-9-18)13-19-14(2)16-6-5-7-17(12-16)20-15(3)21/h5-7,12,14,19H,4,8-11,13H2,1-3H3,(H,20,21)/t14-/m1/s1. The second-order valence-electron chi connectivity index (χ2n) is 6.14. The maximum Gasteiger partial charge on any atom is 0.221 e. The average Bonchev–Trinajstić information content (AvgIpc) is 2.53. The Morgan fingerprint density at radius 1 is 1.39 bits per heavy atom. The molecule has 5 heteroatoms. The molecule has 1 aliphatic rings. The van der Waals surface area contributed by atoms with Gasteiger partial charge in [-0.1, -0.05) is 19.1 Å². The zero-order valence-corrected chi connectivity index (χ0v) is 15.2. The molecule has 23 heavy (non-hydrogen) atoms. The van der Waals surface area contributed by atoms with Crippen molar-refractivity contribution in [1.29, 1.82) is 0 Å². The Balaban J connectivity index is 1.97. The van der Waals surface area contributed by atoms with Crippen molar-refractivity contribution in [3.63, 3.8) is 0 Å². The van der Waals surface area contributed by atoms with Crippen molar-refractivity contribution in [3.05, 3.63) is 29.8 Å². The number of nitrogens with one attached hydrogen (secondary N) is 2. The van der Waals surface area contributed by atoms with Gasteiger partial charge in [-0.3, -0.25) is 4.79 Å². The minimum absolute atomic E-state index is 0.0386. The number of amides is 1. The normalized spacial score (nSPS) is 18.4. The van der Waals surface area contributed by atoms with E-state index in [4.69, 9.17) is 4.74 Å². The molecule has 0 unspecified atom stereocenters. The zero-order chi connectivity index (χ0) is 16.7. The molecule has 1 amide bonds. The molecule has 0 radical (unpaired) electrons. The van der Waals surface area contributed by atoms with Crippen LogP contribution in [0.3, 0.4) is 0 Å². The first-order valence-corrected chi connectivity index (χ1v) is 9.36. The molecule has 4 nitrogen and oxygen atoms in total. The third-order valence-corrected chi connectivity index (χ3v) is 5.75. The van der Waals surface area contributed by atoms with Crippen molar-refractivity contribution in [2.45, 2.75) is 44.4 Å². The van der Waals surface area contributed by atoms with E-state index in [2.05, 4.69) is 30.5 Å². The van der Waals surface area contributed by atoms with E-state index in [1.165, 1.54) is 12.5 Å². The first-order valence-electron chi connectivity index (χ1n) is 8.37. The second kappa shape index (κ2) is 8.71. The van der Waals surface area contributed by atoms with Gasteiger partial charge in [0.05, 0.1) is 0 Å². The largest absolute Gasteiger partial charge is 0.381 e. The summed E-state index contributed by atoms with van der Waals surface area (Å²) in [6, 6.07) is 8.31. The highest BCUT2D eigenvalue weighted by molar-refractivity contribution is 8.00. The second-order valence-corrected chi connectivity index (χ2v) is 7.87. The Kier molecular flexibility index (Phi) is 6.93. The fraction of sp³-hybridized carbons (Fsp3) is 0.611. The molecule has 0 saturated carbocycles. The maximum atomic E-state index is 11.2. The molecule has 1 aliphatic heterocycles. The van der Waals surface area contributed by atoms with E-state index in [0.717, 1.165) is 44.0 Å². The van der Waals surface area contributed by atoms with Gasteiger partial charge in [-0.2, -0.15) is 11.8 Å². The minimum Gasteiger partial charge on any atom is -0.381 e. The molecule has 1 aromatic rings. The first kappa shape index (κ1) is 18.3. The van der Waals surface area contributed by atoms with Crippen molar-refractivity contribution in [2.24, 2.45) is 0 Å². The number of thioether (sulfide) groups is 1. The van der Waals surface area contributed by atoms with Gasteiger partial charge < -0.3 is 15.4 Å². The first-order chi connectivity index (χ1) is 11.0. The summed E-state index contributed by atoms with van der Waals surface area (Å²) in [4.78, 5) is 11.2. The van der Waals surface area contributed by atoms with E-state index in [-0.39, 0.29) is 16.7 Å². The lowest BCUT2D eigenvalue weighted by molar-refractivity contribution is -0.114. The topological polar surface area (TPSA) is 50.4 Å². The van der Waals surface area contributed by atoms with Crippen LogP contribution in [0.2, 0.25) is 0 Å². The fourth-order valence-corrected chi connectivity index (χ4v) is 4.22. The van der Waals surface area contributed by atoms with Gasteiger partial charge in [0, 0.05) is 43.2 Å². The van der Waals surface area contributed by atoms with Crippen molar-refractivity contribution >= 4 is 23.4 Å². The zero-order valence-electron chi connectivity index (χ0n) is 14.4. The molecular weight excluding hydrogens is 308 g/mol. The van der Waals surface area contributed by atoms with Crippen LogP contribution in [0.25, 0.3) is 0 Å². The average molecular weight is 337 g/mol. The van der Waals surface area contributed by atoms with Gasteiger partial charge in [0.15, 0.2) is 0 Å². The third-order valence-electron chi connectivity index (χ3n) is 4.29. The molecule has 1 saturated heterocycles. The van der Waals surface area contributed by atoms with Crippen molar-refractivity contribution in [2.75, 3.05) is 30.8 Å². The quantitative estimate of drug-likeness (QED) is 0.799. The molecule has 128 valence electrons. The van der Waals surface area contributed by atoms with Crippen molar-refractivity contribution in [3.8, 4) is 0 Å².